The summed E-state index contributed by atoms with van der Waals surface area (Å²) in [5.41, 5.74) is 5.58. The molecule has 1 amide bonds. The van der Waals surface area contributed by atoms with Crippen molar-refractivity contribution >= 4 is 5.91 Å². The predicted molar refractivity (Wildman–Crippen MR) is 67.2 cm³/mol. The van der Waals surface area contributed by atoms with Crippen molar-refractivity contribution in [2.24, 2.45) is 35.3 Å². The highest BCUT2D eigenvalue weighted by molar-refractivity contribution is 5.80. The third kappa shape index (κ3) is 2.10. The zero-order valence-corrected chi connectivity index (χ0v) is 10.7. The minimum atomic E-state index is -0.369. The molecule has 96 valence electrons. The Hall–Kier alpha value is -0.570. The zero-order chi connectivity index (χ0) is 12.0. The van der Waals surface area contributed by atoms with Crippen molar-refractivity contribution in [1.82, 2.24) is 5.32 Å². The zero-order valence-electron chi connectivity index (χ0n) is 10.7. The first-order chi connectivity index (χ1) is 8.13. The molecule has 3 nitrogen and oxygen atoms in total. The summed E-state index contributed by atoms with van der Waals surface area (Å²) in [6.45, 7) is 2.63. The molecule has 4 rings (SSSR count). The SMILES string of the molecule is C[C@@H](N)C(=O)NCC1C2CC3CC(C2)CC1C3. The summed E-state index contributed by atoms with van der Waals surface area (Å²) in [5.74, 6) is 4.55. The third-order valence-electron chi connectivity index (χ3n) is 5.35. The van der Waals surface area contributed by atoms with Gasteiger partial charge in [-0.05, 0) is 68.6 Å². The van der Waals surface area contributed by atoms with E-state index in [-0.39, 0.29) is 11.9 Å². The normalized spacial score (nSPS) is 44.7. The number of hydrogen-bond acceptors (Lipinski definition) is 2. The first kappa shape index (κ1) is 11.5. The first-order valence-corrected chi connectivity index (χ1v) is 7.16. The maximum Gasteiger partial charge on any atom is 0.236 e. The van der Waals surface area contributed by atoms with Crippen LogP contribution in [-0.2, 0) is 4.79 Å². The van der Waals surface area contributed by atoms with Crippen LogP contribution in [0.15, 0.2) is 0 Å². The average molecular weight is 236 g/mol. The number of nitrogens with one attached hydrogen (secondary N) is 1. The van der Waals surface area contributed by atoms with E-state index in [0.29, 0.717) is 0 Å². The molecule has 0 heterocycles. The fourth-order valence-corrected chi connectivity index (χ4v) is 4.75. The molecule has 4 bridgehead atoms. The third-order valence-corrected chi connectivity index (χ3v) is 5.35. The van der Waals surface area contributed by atoms with Gasteiger partial charge in [-0.1, -0.05) is 0 Å². The second-order valence-corrected chi connectivity index (χ2v) is 6.63. The molecule has 0 aromatic heterocycles. The molecule has 0 aromatic rings. The summed E-state index contributed by atoms with van der Waals surface area (Å²) in [5, 5.41) is 3.05. The topological polar surface area (TPSA) is 55.1 Å². The van der Waals surface area contributed by atoms with Gasteiger partial charge >= 0.3 is 0 Å². The van der Waals surface area contributed by atoms with E-state index < -0.39 is 0 Å². The van der Waals surface area contributed by atoms with E-state index in [2.05, 4.69) is 5.32 Å². The monoisotopic (exact) mass is 236 g/mol. The molecule has 0 unspecified atom stereocenters. The largest absolute Gasteiger partial charge is 0.354 e. The smallest absolute Gasteiger partial charge is 0.236 e. The molecule has 4 aliphatic rings. The Bertz CT molecular complexity index is 285. The van der Waals surface area contributed by atoms with Gasteiger partial charge in [-0.3, -0.25) is 4.79 Å². The highest BCUT2D eigenvalue weighted by atomic mass is 16.2. The molecular formula is C14H24N2O. The molecule has 1 atom stereocenters. The lowest BCUT2D eigenvalue weighted by molar-refractivity contribution is -0.123. The van der Waals surface area contributed by atoms with Gasteiger partial charge in [-0.25, -0.2) is 0 Å². The van der Waals surface area contributed by atoms with Gasteiger partial charge in [-0.2, -0.15) is 0 Å². The van der Waals surface area contributed by atoms with Gasteiger partial charge in [0.1, 0.15) is 0 Å². The van der Waals surface area contributed by atoms with Gasteiger partial charge in [0.15, 0.2) is 0 Å². The van der Waals surface area contributed by atoms with E-state index in [9.17, 15) is 4.79 Å². The molecule has 3 heteroatoms. The number of rotatable bonds is 3. The van der Waals surface area contributed by atoms with Crippen molar-refractivity contribution in [3.63, 3.8) is 0 Å². The maximum atomic E-state index is 11.5. The lowest BCUT2D eigenvalue weighted by Crippen LogP contribution is -2.50. The number of amides is 1. The Morgan fingerprint density at radius 1 is 1.18 bits per heavy atom. The minimum absolute atomic E-state index is 0.0128. The molecule has 3 N–H and O–H groups in total. The lowest BCUT2D eigenvalue weighted by atomic mass is 9.52. The van der Waals surface area contributed by atoms with Crippen molar-refractivity contribution in [1.29, 1.82) is 0 Å². The van der Waals surface area contributed by atoms with E-state index in [1.54, 1.807) is 6.92 Å². The summed E-state index contributed by atoms with van der Waals surface area (Å²) >= 11 is 0. The van der Waals surface area contributed by atoms with E-state index in [0.717, 1.165) is 36.1 Å². The molecule has 4 fully saturated rings. The molecule has 17 heavy (non-hydrogen) atoms. The lowest BCUT2D eigenvalue weighted by Gasteiger charge is -2.54. The van der Waals surface area contributed by atoms with Crippen LogP contribution in [0, 0.1) is 29.6 Å². The fraction of sp³-hybridized carbons (Fsp3) is 0.929. The van der Waals surface area contributed by atoms with Crippen LogP contribution in [0.4, 0.5) is 0 Å². The second-order valence-electron chi connectivity index (χ2n) is 6.63. The molecule has 0 radical (unpaired) electrons. The van der Waals surface area contributed by atoms with Gasteiger partial charge in [0.05, 0.1) is 6.04 Å². The van der Waals surface area contributed by atoms with E-state index in [1.165, 1.54) is 32.1 Å². The van der Waals surface area contributed by atoms with Gasteiger partial charge in [0, 0.05) is 6.54 Å². The molecule has 4 aliphatic carbocycles. The molecule has 0 aromatic carbocycles. The van der Waals surface area contributed by atoms with Gasteiger partial charge in [-0.15, -0.1) is 0 Å². The highest BCUT2D eigenvalue weighted by Gasteiger charge is 2.47. The van der Waals surface area contributed by atoms with Crippen LogP contribution in [0.5, 0.6) is 0 Å². The van der Waals surface area contributed by atoms with Crippen LogP contribution < -0.4 is 11.1 Å². The van der Waals surface area contributed by atoms with Crippen molar-refractivity contribution < 1.29 is 4.79 Å². The number of carbonyl (C=O) groups is 1. The second kappa shape index (κ2) is 4.27. The molecule has 0 aliphatic heterocycles. The van der Waals surface area contributed by atoms with Crippen LogP contribution in [0.2, 0.25) is 0 Å². The van der Waals surface area contributed by atoms with Gasteiger partial charge < -0.3 is 11.1 Å². The summed E-state index contributed by atoms with van der Waals surface area (Å²) in [6.07, 6.45) is 7.18. The molecule has 4 saturated carbocycles. The Morgan fingerprint density at radius 2 is 1.71 bits per heavy atom. The van der Waals surface area contributed by atoms with E-state index in [1.807, 2.05) is 0 Å². The summed E-state index contributed by atoms with van der Waals surface area (Å²) in [6, 6.07) is -0.369. The predicted octanol–water partition coefficient (Wildman–Crippen LogP) is 1.52. The minimum Gasteiger partial charge on any atom is -0.354 e. The Labute approximate surface area is 104 Å². The molecule has 0 saturated heterocycles. The quantitative estimate of drug-likeness (QED) is 0.780. The van der Waals surface area contributed by atoms with Crippen LogP contribution in [0.1, 0.15) is 39.0 Å². The number of carbonyl (C=O) groups excluding carboxylic acids is 1. The summed E-state index contributed by atoms with van der Waals surface area (Å²) in [4.78, 5) is 11.5. The van der Waals surface area contributed by atoms with Crippen LogP contribution in [0.3, 0.4) is 0 Å². The summed E-state index contributed by atoms with van der Waals surface area (Å²) in [7, 11) is 0. The Balaban J connectivity index is 1.59. The first-order valence-electron chi connectivity index (χ1n) is 7.16. The van der Waals surface area contributed by atoms with E-state index in [4.69, 9.17) is 5.73 Å². The molecule has 0 spiro atoms. The van der Waals surface area contributed by atoms with Crippen molar-refractivity contribution in [2.45, 2.75) is 45.1 Å². The number of hydrogen-bond donors (Lipinski definition) is 2. The van der Waals surface area contributed by atoms with Crippen LogP contribution in [-0.4, -0.2) is 18.5 Å². The standard InChI is InChI=1S/C14H24N2O/c1-8(15)14(17)16-7-13-11-3-9-2-10(5-11)6-12(13)4-9/h8-13H,2-7,15H2,1H3,(H,16,17)/t8-,9?,10?,11?,12?,13?/m1/s1. The van der Waals surface area contributed by atoms with Crippen molar-refractivity contribution in [2.75, 3.05) is 6.54 Å². The molecular weight excluding hydrogens is 212 g/mol. The highest BCUT2D eigenvalue weighted by Crippen LogP contribution is 2.56. The van der Waals surface area contributed by atoms with Crippen LogP contribution >= 0.6 is 0 Å². The van der Waals surface area contributed by atoms with Crippen LogP contribution in [0.25, 0.3) is 0 Å². The van der Waals surface area contributed by atoms with E-state index >= 15 is 0 Å². The fourth-order valence-electron chi connectivity index (χ4n) is 4.75. The number of nitrogens with two attached hydrogens (primary N) is 1. The van der Waals surface area contributed by atoms with Gasteiger partial charge in [0.2, 0.25) is 5.91 Å². The van der Waals surface area contributed by atoms with Gasteiger partial charge in [0.25, 0.3) is 0 Å². The Kier molecular flexibility index (Phi) is 2.89. The van der Waals surface area contributed by atoms with Crippen molar-refractivity contribution in [3.8, 4) is 0 Å². The average Bonchev–Trinajstić information content (AvgIpc) is 2.26. The van der Waals surface area contributed by atoms with Crippen molar-refractivity contribution in [3.05, 3.63) is 0 Å². The Morgan fingerprint density at radius 3 is 2.18 bits per heavy atom. The summed E-state index contributed by atoms with van der Waals surface area (Å²) < 4.78 is 0. The maximum absolute atomic E-state index is 11.5.